The lowest BCUT2D eigenvalue weighted by Gasteiger charge is -2.31. The Labute approximate surface area is 141 Å². The molecule has 0 saturated heterocycles. The summed E-state index contributed by atoms with van der Waals surface area (Å²) in [7, 11) is 0. The Morgan fingerprint density at radius 1 is 1.16 bits per heavy atom. The van der Waals surface area contributed by atoms with Gasteiger partial charge in [0.15, 0.2) is 5.96 Å². The van der Waals surface area contributed by atoms with Crippen LogP contribution in [0.3, 0.4) is 0 Å². The lowest BCUT2D eigenvalue weighted by Crippen LogP contribution is -2.37. The largest absolute Gasteiger partial charge is 0.370 e. The summed E-state index contributed by atoms with van der Waals surface area (Å²) in [6.07, 6.45) is -1.47. The second-order valence-electron chi connectivity index (χ2n) is 5.66. The number of carbonyl (C=O) groups excluding carboxylic acids is 1. The number of fused-ring (bicyclic) bond motifs is 1. The van der Waals surface area contributed by atoms with Gasteiger partial charge in [-0.1, -0.05) is 18.2 Å². The number of rotatable bonds is 1. The smallest absolute Gasteiger partial charge is 0.347 e. The zero-order valence-electron chi connectivity index (χ0n) is 13.0. The third kappa shape index (κ3) is 3.28. The van der Waals surface area contributed by atoms with Gasteiger partial charge in [-0.3, -0.25) is 0 Å². The van der Waals surface area contributed by atoms with Gasteiger partial charge in [-0.25, -0.2) is 18.0 Å². The minimum absolute atomic E-state index is 0.0123. The Bertz CT molecular complexity index is 865. The van der Waals surface area contributed by atoms with Crippen molar-refractivity contribution in [1.29, 1.82) is 0 Å². The number of halogens is 3. The molecule has 1 aliphatic heterocycles. The van der Waals surface area contributed by atoms with Crippen LogP contribution in [0.25, 0.3) is 11.1 Å². The summed E-state index contributed by atoms with van der Waals surface area (Å²) in [4.78, 5) is 16.6. The average Bonchev–Trinajstić information content (AvgIpc) is 2.54. The molecule has 2 aromatic carbocycles. The Hall–Kier alpha value is -3.03. The third-order valence-electron chi connectivity index (χ3n) is 4.00. The summed E-state index contributed by atoms with van der Waals surface area (Å²) in [5, 5.41) is 0. The van der Waals surface area contributed by atoms with Gasteiger partial charge in [0.05, 0.1) is 6.54 Å². The van der Waals surface area contributed by atoms with Crippen molar-refractivity contribution in [2.75, 3.05) is 6.54 Å². The average molecular weight is 348 g/mol. The second kappa shape index (κ2) is 6.46. The minimum atomic E-state index is -1.47. The van der Waals surface area contributed by atoms with Crippen LogP contribution in [0.4, 0.5) is 18.0 Å². The molecule has 0 aromatic heterocycles. The van der Waals surface area contributed by atoms with E-state index in [0.717, 1.165) is 17.0 Å². The third-order valence-corrected chi connectivity index (χ3v) is 4.00. The molecule has 0 radical (unpaired) electrons. The van der Waals surface area contributed by atoms with E-state index < -0.39 is 29.8 Å². The van der Waals surface area contributed by atoms with Gasteiger partial charge in [0, 0.05) is 18.2 Å². The molecule has 2 aromatic rings. The van der Waals surface area contributed by atoms with Crippen LogP contribution in [0, 0.1) is 11.6 Å². The molecule has 0 fully saturated rings. The van der Waals surface area contributed by atoms with Gasteiger partial charge in [-0.05, 0) is 28.8 Å². The number of alkyl halides is 1. The van der Waals surface area contributed by atoms with E-state index in [1.165, 1.54) is 6.07 Å². The van der Waals surface area contributed by atoms with Crippen LogP contribution in [0.15, 0.2) is 41.4 Å². The molecule has 3 rings (SSSR count). The zero-order valence-corrected chi connectivity index (χ0v) is 13.0. The summed E-state index contributed by atoms with van der Waals surface area (Å²) in [5.41, 5.74) is 11.7. The van der Waals surface area contributed by atoms with E-state index >= 15 is 0 Å². The molecule has 5 nitrogen and oxygen atoms in total. The fourth-order valence-corrected chi connectivity index (χ4v) is 2.91. The molecule has 0 bridgehead atoms. The monoisotopic (exact) mass is 348 g/mol. The Morgan fingerprint density at radius 3 is 2.60 bits per heavy atom. The highest BCUT2D eigenvalue weighted by Crippen LogP contribution is 2.37. The van der Waals surface area contributed by atoms with Crippen molar-refractivity contribution in [3.8, 4) is 11.1 Å². The van der Waals surface area contributed by atoms with Crippen LogP contribution >= 0.6 is 0 Å². The van der Waals surface area contributed by atoms with Gasteiger partial charge >= 0.3 is 6.03 Å². The molecule has 4 N–H and O–H groups in total. The van der Waals surface area contributed by atoms with Crippen molar-refractivity contribution in [2.24, 2.45) is 16.5 Å². The lowest BCUT2D eigenvalue weighted by molar-refractivity contribution is 0.168. The molecular weight excluding hydrogens is 333 g/mol. The highest BCUT2D eigenvalue weighted by atomic mass is 19.1. The molecular formula is C17H15F3N4O. The molecule has 0 saturated carbocycles. The van der Waals surface area contributed by atoms with Gasteiger partial charge in [0.2, 0.25) is 0 Å². The van der Waals surface area contributed by atoms with Crippen LogP contribution in [0.5, 0.6) is 0 Å². The SMILES string of the molecule is NC(N)=NC(=O)N1Cc2c(-c3ccc(F)cc3F)cccc2C(F)C1. The van der Waals surface area contributed by atoms with Gasteiger partial charge < -0.3 is 16.4 Å². The van der Waals surface area contributed by atoms with Gasteiger partial charge in [0.1, 0.15) is 17.8 Å². The molecule has 1 atom stereocenters. The molecule has 8 heteroatoms. The Balaban J connectivity index is 2.07. The highest BCUT2D eigenvalue weighted by molar-refractivity contribution is 5.90. The first-order valence-corrected chi connectivity index (χ1v) is 7.46. The molecule has 25 heavy (non-hydrogen) atoms. The molecule has 130 valence electrons. The number of urea groups is 1. The number of carbonyl (C=O) groups is 1. The zero-order chi connectivity index (χ0) is 18.1. The Kier molecular flexibility index (Phi) is 4.35. The lowest BCUT2D eigenvalue weighted by atomic mass is 9.90. The topological polar surface area (TPSA) is 84.7 Å². The Morgan fingerprint density at radius 2 is 1.92 bits per heavy atom. The molecule has 1 aliphatic rings. The first kappa shape index (κ1) is 16.8. The fraction of sp³-hybridized carbons (Fsp3) is 0.176. The number of aliphatic imine (C=N–C) groups is 1. The minimum Gasteiger partial charge on any atom is -0.370 e. The first-order chi connectivity index (χ1) is 11.9. The van der Waals surface area contributed by atoms with E-state index in [4.69, 9.17) is 11.5 Å². The van der Waals surface area contributed by atoms with Crippen molar-refractivity contribution in [3.63, 3.8) is 0 Å². The van der Waals surface area contributed by atoms with E-state index in [9.17, 15) is 18.0 Å². The van der Waals surface area contributed by atoms with Gasteiger partial charge in [0.25, 0.3) is 0 Å². The number of guanidine groups is 1. The van der Waals surface area contributed by atoms with Crippen molar-refractivity contribution in [2.45, 2.75) is 12.7 Å². The summed E-state index contributed by atoms with van der Waals surface area (Å²) in [5.74, 6) is -1.90. The molecule has 2 amide bonds. The fourth-order valence-electron chi connectivity index (χ4n) is 2.91. The number of hydrogen-bond acceptors (Lipinski definition) is 1. The summed E-state index contributed by atoms with van der Waals surface area (Å²) >= 11 is 0. The summed E-state index contributed by atoms with van der Waals surface area (Å²) in [6.45, 7) is -0.198. The standard InChI is InChI=1S/C17H15F3N4O/c18-9-4-5-12(14(19)6-9)10-2-1-3-11-13(10)7-24(8-15(11)20)17(25)23-16(21)22/h1-6,15H,7-8H2,(H4,21,22,23,25). The van der Waals surface area contributed by atoms with E-state index in [2.05, 4.69) is 4.99 Å². The quantitative estimate of drug-likeness (QED) is 0.614. The summed E-state index contributed by atoms with van der Waals surface area (Å²) < 4.78 is 41.9. The number of nitrogens with two attached hydrogens (primary N) is 2. The summed E-state index contributed by atoms with van der Waals surface area (Å²) in [6, 6.07) is 7.15. The second-order valence-corrected chi connectivity index (χ2v) is 5.66. The maximum absolute atomic E-state index is 14.5. The van der Waals surface area contributed by atoms with E-state index in [-0.39, 0.29) is 18.7 Å². The van der Waals surface area contributed by atoms with E-state index in [1.807, 2.05) is 0 Å². The van der Waals surface area contributed by atoms with Crippen LogP contribution in [-0.2, 0) is 6.54 Å². The van der Waals surface area contributed by atoms with Crippen molar-refractivity contribution in [1.82, 2.24) is 4.90 Å². The maximum atomic E-state index is 14.5. The van der Waals surface area contributed by atoms with Crippen LogP contribution in [0.2, 0.25) is 0 Å². The van der Waals surface area contributed by atoms with Gasteiger partial charge in [-0.15, -0.1) is 0 Å². The molecule has 1 heterocycles. The number of hydrogen-bond donors (Lipinski definition) is 2. The molecule has 0 spiro atoms. The van der Waals surface area contributed by atoms with Crippen molar-refractivity contribution >= 4 is 12.0 Å². The first-order valence-electron chi connectivity index (χ1n) is 7.46. The number of amides is 2. The van der Waals surface area contributed by atoms with E-state index in [0.29, 0.717) is 16.7 Å². The van der Waals surface area contributed by atoms with E-state index in [1.54, 1.807) is 18.2 Å². The number of nitrogens with zero attached hydrogens (tertiary/aromatic N) is 2. The van der Waals surface area contributed by atoms with Crippen LogP contribution < -0.4 is 11.5 Å². The van der Waals surface area contributed by atoms with Crippen LogP contribution in [-0.4, -0.2) is 23.4 Å². The van der Waals surface area contributed by atoms with Crippen molar-refractivity contribution in [3.05, 3.63) is 59.2 Å². The normalized spacial score (nSPS) is 16.3. The van der Waals surface area contributed by atoms with Crippen molar-refractivity contribution < 1.29 is 18.0 Å². The molecule has 0 aliphatic carbocycles. The maximum Gasteiger partial charge on any atom is 0.347 e. The predicted octanol–water partition coefficient (Wildman–Crippen LogP) is 2.85. The van der Waals surface area contributed by atoms with Crippen LogP contribution in [0.1, 0.15) is 17.3 Å². The predicted molar refractivity (Wildman–Crippen MR) is 87.3 cm³/mol. The van der Waals surface area contributed by atoms with Gasteiger partial charge in [-0.2, -0.15) is 4.99 Å². The molecule has 1 unspecified atom stereocenters. The highest BCUT2D eigenvalue weighted by Gasteiger charge is 2.30. The number of benzene rings is 2.